The summed E-state index contributed by atoms with van der Waals surface area (Å²) in [7, 11) is 0. The number of carbonyl (C=O) groups excluding carboxylic acids is 1. The number of ether oxygens (including phenoxy) is 1. The van der Waals surface area contributed by atoms with Crippen molar-refractivity contribution in [2.24, 2.45) is 0 Å². The Balaban J connectivity index is 1.78. The number of amides is 1. The Hall–Kier alpha value is -3.64. The second-order valence-electron chi connectivity index (χ2n) is 6.09. The number of benzene rings is 2. The lowest BCUT2D eigenvalue weighted by Gasteiger charge is -2.14. The third-order valence-electron chi connectivity index (χ3n) is 3.93. The molecule has 0 aliphatic carbocycles. The van der Waals surface area contributed by atoms with Crippen LogP contribution in [0.4, 0.5) is 45.2 Å². The number of halogens is 9. The van der Waals surface area contributed by atoms with Crippen LogP contribution in [0.1, 0.15) is 21.9 Å². The zero-order chi connectivity index (χ0) is 23.8. The first-order valence-electron chi connectivity index (χ1n) is 8.31. The van der Waals surface area contributed by atoms with Gasteiger partial charge < -0.3 is 14.5 Å². The van der Waals surface area contributed by atoms with Crippen LogP contribution in [0.5, 0.6) is 5.75 Å². The van der Waals surface area contributed by atoms with Gasteiger partial charge in [-0.1, -0.05) is 0 Å². The van der Waals surface area contributed by atoms with Crippen molar-refractivity contribution >= 4 is 11.6 Å². The fourth-order valence-corrected chi connectivity index (χ4v) is 2.48. The zero-order valence-corrected chi connectivity index (χ0v) is 15.2. The molecule has 0 aliphatic rings. The molecule has 1 N–H and O–H groups in total. The van der Waals surface area contributed by atoms with E-state index in [0.717, 1.165) is 24.3 Å². The maximum atomic E-state index is 13.9. The number of hydrogen-bond donors (Lipinski definition) is 1. The van der Waals surface area contributed by atoms with E-state index in [1.54, 1.807) is 0 Å². The van der Waals surface area contributed by atoms with Crippen molar-refractivity contribution in [2.75, 3.05) is 5.32 Å². The van der Waals surface area contributed by atoms with Crippen LogP contribution in [-0.2, 0) is 12.8 Å². The average Bonchev–Trinajstić information content (AvgIpc) is 3.17. The molecule has 3 rings (SSSR count). The van der Waals surface area contributed by atoms with Crippen molar-refractivity contribution in [2.45, 2.75) is 12.8 Å². The fourth-order valence-electron chi connectivity index (χ4n) is 2.48. The van der Waals surface area contributed by atoms with Crippen LogP contribution in [-0.4, -0.2) is 5.91 Å². The number of alkyl halides is 3. The summed E-state index contributed by atoms with van der Waals surface area (Å²) >= 11 is 0. The highest BCUT2D eigenvalue weighted by Gasteiger charge is 2.42. The maximum Gasteiger partial charge on any atom is 0.422 e. The maximum absolute atomic E-state index is 13.9. The first-order chi connectivity index (χ1) is 14.9. The number of carbonyl (C=O) groups is 1. The van der Waals surface area contributed by atoms with Gasteiger partial charge in [0, 0.05) is 6.07 Å². The lowest BCUT2D eigenvalue weighted by atomic mass is 10.1. The molecule has 4 nitrogen and oxygen atoms in total. The van der Waals surface area contributed by atoms with Crippen molar-refractivity contribution in [3.8, 4) is 5.75 Å². The van der Waals surface area contributed by atoms with Crippen molar-refractivity contribution in [1.82, 2.24) is 0 Å². The van der Waals surface area contributed by atoms with Gasteiger partial charge in [-0.25, -0.2) is 26.3 Å². The lowest BCUT2D eigenvalue weighted by molar-refractivity contribution is -0.143. The summed E-state index contributed by atoms with van der Waals surface area (Å²) in [4.78, 5) is 12.1. The normalized spacial score (nSPS) is 11.5. The Labute approximate surface area is 172 Å². The highest BCUT2D eigenvalue weighted by Crippen LogP contribution is 2.38. The number of rotatable bonds is 5. The molecule has 13 heteroatoms. The average molecular weight is 469 g/mol. The molecule has 1 amide bonds. The van der Waals surface area contributed by atoms with Crippen LogP contribution in [0.3, 0.4) is 0 Å². The molecule has 3 aromatic rings. The fraction of sp³-hybridized carbons (Fsp3) is 0.105. The minimum atomic E-state index is -5.74. The molecule has 2 aromatic carbocycles. The van der Waals surface area contributed by atoms with Crippen LogP contribution >= 0.6 is 0 Å². The van der Waals surface area contributed by atoms with Gasteiger partial charge >= 0.3 is 6.18 Å². The highest BCUT2D eigenvalue weighted by molar-refractivity contribution is 6.02. The van der Waals surface area contributed by atoms with Crippen molar-refractivity contribution < 1.29 is 53.5 Å². The number of anilines is 1. The molecule has 32 heavy (non-hydrogen) atoms. The van der Waals surface area contributed by atoms with Gasteiger partial charge in [-0.15, -0.1) is 0 Å². The van der Waals surface area contributed by atoms with Crippen molar-refractivity contribution in [3.05, 3.63) is 82.3 Å². The number of hydrogen-bond acceptors (Lipinski definition) is 3. The van der Waals surface area contributed by atoms with E-state index in [-0.39, 0.29) is 11.5 Å². The molecule has 0 aliphatic heterocycles. The van der Waals surface area contributed by atoms with Gasteiger partial charge in [0.1, 0.15) is 29.4 Å². The monoisotopic (exact) mass is 469 g/mol. The first kappa shape index (κ1) is 23.0. The Morgan fingerprint density at radius 1 is 0.906 bits per heavy atom. The van der Waals surface area contributed by atoms with E-state index in [4.69, 9.17) is 9.15 Å². The molecule has 0 radical (unpaired) electrons. The van der Waals surface area contributed by atoms with Crippen LogP contribution in [0.15, 0.2) is 34.7 Å². The molecule has 0 spiro atoms. The molecule has 1 aromatic heterocycles. The summed E-state index contributed by atoms with van der Waals surface area (Å²) in [5.74, 6) is -15.0. The first-order valence-corrected chi connectivity index (χ1v) is 8.31. The van der Waals surface area contributed by atoms with Crippen LogP contribution in [0, 0.1) is 34.9 Å². The minimum absolute atomic E-state index is 0.135. The van der Waals surface area contributed by atoms with Gasteiger partial charge in [-0.3, -0.25) is 4.79 Å². The molecule has 0 atom stereocenters. The summed E-state index contributed by atoms with van der Waals surface area (Å²) < 4.78 is 129. The molecule has 0 saturated carbocycles. The second-order valence-corrected chi connectivity index (χ2v) is 6.09. The number of nitrogens with one attached hydrogen (secondary N) is 1. The van der Waals surface area contributed by atoms with E-state index >= 15 is 0 Å². The second kappa shape index (κ2) is 8.48. The summed E-state index contributed by atoms with van der Waals surface area (Å²) in [5, 5.41) is 1.39. The molecular formula is C19H8F9NO3. The van der Waals surface area contributed by atoms with E-state index < -0.39 is 70.6 Å². The smallest absolute Gasteiger partial charge is 0.422 e. The van der Waals surface area contributed by atoms with Gasteiger partial charge in [0.2, 0.25) is 0 Å². The van der Waals surface area contributed by atoms with Crippen molar-refractivity contribution in [1.29, 1.82) is 0 Å². The van der Waals surface area contributed by atoms with E-state index in [1.165, 1.54) is 5.32 Å². The Morgan fingerprint density at radius 3 is 2.09 bits per heavy atom. The van der Waals surface area contributed by atoms with Crippen LogP contribution in [0.2, 0.25) is 0 Å². The summed E-state index contributed by atoms with van der Waals surface area (Å²) in [5.41, 5.74) is -4.60. The van der Waals surface area contributed by atoms with Gasteiger partial charge in [-0.2, -0.15) is 13.2 Å². The summed E-state index contributed by atoms with van der Waals surface area (Å²) in [6, 6.07) is 4.46. The van der Waals surface area contributed by atoms with Crippen LogP contribution < -0.4 is 10.1 Å². The van der Waals surface area contributed by atoms with E-state index in [0.29, 0.717) is 6.07 Å². The van der Waals surface area contributed by atoms with Gasteiger partial charge in [-0.05, 0) is 24.3 Å². The Morgan fingerprint density at radius 2 is 1.53 bits per heavy atom. The third-order valence-corrected chi connectivity index (χ3v) is 3.93. The Bertz CT molecular complexity index is 1160. The quantitative estimate of drug-likeness (QED) is 0.371. The third kappa shape index (κ3) is 4.50. The van der Waals surface area contributed by atoms with E-state index in [2.05, 4.69) is 0 Å². The molecule has 170 valence electrons. The van der Waals surface area contributed by atoms with Crippen molar-refractivity contribution in [3.63, 3.8) is 0 Å². The SMILES string of the molecule is O=C(Nc1c(F)c(F)c(C(F)(F)F)c(F)c1F)c1ccc(COc2ccc(F)cc2F)o1. The standard InChI is InChI=1S/C19H8F9NO3/c20-7-1-3-10(9(21)5-7)31-6-8-2-4-11(32-8)18(30)29-17-15(24)13(22)12(19(26,27)28)14(23)16(17)25/h1-5H,6H2,(H,29,30). The zero-order valence-electron chi connectivity index (χ0n) is 15.2. The molecule has 0 bridgehead atoms. The lowest BCUT2D eigenvalue weighted by Crippen LogP contribution is -2.20. The Kier molecular flexibility index (Phi) is 6.10. The molecule has 0 saturated heterocycles. The topological polar surface area (TPSA) is 51.5 Å². The summed E-state index contributed by atoms with van der Waals surface area (Å²) in [6.45, 7) is -0.484. The molecule has 1 heterocycles. The predicted octanol–water partition coefficient (Wildman–Crippen LogP) is 5.96. The van der Waals surface area contributed by atoms with E-state index in [9.17, 15) is 44.3 Å². The largest absolute Gasteiger partial charge is 0.483 e. The van der Waals surface area contributed by atoms with Gasteiger partial charge in [0.15, 0.2) is 40.6 Å². The number of furan rings is 1. The highest BCUT2D eigenvalue weighted by atomic mass is 19.4. The predicted molar refractivity (Wildman–Crippen MR) is 88.6 cm³/mol. The summed E-state index contributed by atoms with van der Waals surface area (Å²) in [6.07, 6.45) is -5.74. The van der Waals surface area contributed by atoms with Gasteiger partial charge in [0.25, 0.3) is 5.91 Å². The molecular weight excluding hydrogens is 461 g/mol. The van der Waals surface area contributed by atoms with Gasteiger partial charge in [0.05, 0.1) is 0 Å². The molecule has 0 unspecified atom stereocenters. The minimum Gasteiger partial charge on any atom is -0.483 e. The van der Waals surface area contributed by atoms with Crippen LogP contribution in [0.25, 0.3) is 0 Å². The molecule has 0 fully saturated rings. The van der Waals surface area contributed by atoms with E-state index in [1.807, 2.05) is 0 Å².